The SMILES string of the molecule is CCOC(=O)c1ccc(NC(=O)c2cc([N+](=O)[O-])c(Cl)s2)cc1. The van der Waals surface area contributed by atoms with Gasteiger partial charge in [-0.2, -0.15) is 0 Å². The van der Waals surface area contributed by atoms with Crippen LogP contribution in [0.5, 0.6) is 0 Å². The second kappa shape index (κ2) is 7.21. The van der Waals surface area contributed by atoms with Gasteiger partial charge in [0.25, 0.3) is 11.6 Å². The zero-order chi connectivity index (χ0) is 17.0. The van der Waals surface area contributed by atoms with E-state index in [2.05, 4.69) is 5.32 Å². The van der Waals surface area contributed by atoms with Gasteiger partial charge in [0.1, 0.15) is 4.88 Å². The lowest BCUT2D eigenvalue weighted by molar-refractivity contribution is -0.384. The van der Waals surface area contributed by atoms with Crippen molar-refractivity contribution in [2.45, 2.75) is 6.92 Å². The van der Waals surface area contributed by atoms with Crippen molar-refractivity contribution in [2.75, 3.05) is 11.9 Å². The maximum atomic E-state index is 12.0. The van der Waals surface area contributed by atoms with Gasteiger partial charge >= 0.3 is 5.97 Å². The van der Waals surface area contributed by atoms with Crippen molar-refractivity contribution in [3.8, 4) is 0 Å². The molecule has 0 aliphatic carbocycles. The maximum Gasteiger partial charge on any atom is 0.338 e. The summed E-state index contributed by atoms with van der Waals surface area (Å²) in [5.41, 5.74) is 0.495. The summed E-state index contributed by atoms with van der Waals surface area (Å²) in [5.74, 6) is -0.972. The first kappa shape index (κ1) is 16.9. The van der Waals surface area contributed by atoms with Gasteiger partial charge in [0.15, 0.2) is 4.34 Å². The monoisotopic (exact) mass is 354 g/mol. The van der Waals surface area contributed by atoms with Gasteiger partial charge in [-0.05, 0) is 31.2 Å². The Morgan fingerprint density at radius 2 is 2.00 bits per heavy atom. The number of amides is 1. The fourth-order valence-corrected chi connectivity index (χ4v) is 2.81. The van der Waals surface area contributed by atoms with Gasteiger partial charge in [-0.3, -0.25) is 14.9 Å². The Morgan fingerprint density at radius 1 is 1.35 bits per heavy atom. The molecule has 1 aromatic carbocycles. The third-order valence-corrected chi connectivity index (χ3v) is 4.08. The summed E-state index contributed by atoms with van der Waals surface area (Å²) in [6.45, 7) is 1.98. The van der Waals surface area contributed by atoms with Crippen LogP contribution in [-0.4, -0.2) is 23.4 Å². The lowest BCUT2D eigenvalue weighted by Crippen LogP contribution is -2.10. The highest BCUT2D eigenvalue weighted by molar-refractivity contribution is 7.18. The van der Waals surface area contributed by atoms with Crippen LogP contribution >= 0.6 is 22.9 Å². The van der Waals surface area contributed by atoms with E-state index in [0.717, 1.165) is 17.4 Å². The Bertz CT molecular complexity index is 757. The number of thiophene rings is 1. The second-order valence-electron chi connectivity index (χ2n) is 4.28. The summed E-state index contributed by atoms with van der Waals surface area (Å²) in [6.07, 6.45) is 0. The molecule has 1 amide bonds. The zero-order valence-electron chi connectivity index (χ0n) is 11.9. The van der Waals surface area contributed by atoms with Crippen LogP contribution in [0.15, 0.2) is 30.3 Å². The molecule has 0 saturated heterocycles. The zero-order valence-corrected chi connectivity index (χ0v) is 13.4. The number of hydrogen-bond donors (Lipinski definition) is 1. The quantitative estimate of drug-likeness (QED) is 0.501. The van der Waals surface area contributed by atoms with Gasteiger partial charge < -0.3 is 10.1 Å². The molecule has 0 saturated carbocycles. The Balaban J connectivity index is 2.10. The number of esters is 1. The average Bonchev–Trinajstić information content (AvgIpc) is 2.90. The highest BCUT2D eigenvalue weighted by atomic mass is 35.5. The molecular weight excluding hydrogens is 344 g/mol. The third kappa shape index (κ3) is 4.05. The van der Waals surface area contributed by atoms with E-state index in [1.165, 1.54) is 24.3 Å². The van der Waals surface area contributed by atoms with E-state index in [-0.39, 0.29) is 21.5 Å². The fourth-order valence-electron chi connectivity index (χ4n) is 1.69. The summed E-state index contributed by atoms with van der Waals surface area (Å²) in [5, 5.41) is 13.3. The van der Waals surface area contributed by atoms with Gasteiger partial charge in [0, 0.05) is 11.8 Å². The van der Waals surface area contributed by atoms with Crippen molar-refractivity contribution in [2.24, 2.45) is 0 Å². The van der Waals surface area contributed by atoms with Gasteiger partial charge in [-0.1, -0.05) is 11.6 Å². The van der Waals surface area contributed by atoms with Crippen molar-refractivity contribution in [3.63, 3.8) is 0 Å². The van der Waals surface area contributed by atoms with Crippen LogP contribution in [0, 0.1) is 10.1 Å². The molecule has 0 radical (unpaired) electrons. The molecule has 1 aromatic heterocycles. The molecule has 0 unspecified atom stereocenters. The van der Waals surface area contributed by atoms with Crippen molar-refractivity contribution >= 4 is 46.2 Å². The van der Waals surface area contributed by atoms with Crippen LogP contribution in [0.2, 0.25) is 4.34 Å². The molecule has 120 valence electrons. The number of carbonyl (C=O) groups is 2. The largest absolute Gasteiger partial charge is 0.462 e. The summed E-state index contributed by atoms with van der Waals surface area (Å²) in [4.78, 5) is 33.8. The van der Waals surface area contributed by atoms with Crippen molar-refractivity contribution in [3.05, 3.63) is 55.2 Å². The van der Waals surface area contributed by atoms with Crippen LogP contribution in [-0.2, 0) is 4.74 Å². The summed E-state index contributed by atoms with van der Waals surface area (Å²) < 4.78 is 4.80. The molecular formula is C14H11ClN2O5S. The molecule has 7 nitrogen and oxygen atoms in total. The minimum absolute atomic E-state index is 0.0576. The van der Waals surface area contributed by atoms with E-state index in [1.807, 2.05) is 0 Å². The number of carbonyl (C=O) groups excluding carboxylic acids is 2. The number of rotatable bonds is 5. The lowest BCUT2D eigenvalue weighted by Gasteiger charge is -2.05. The molecule has 2 aromatic rings. The van der Waals surface area contributed by atoms with Gasteiger partial charge in [0.2, 0.25) is 0 Å². The summed E-state index contributed by atoms with van der Waals surface area (Å²) in [6, 6.07) is 7.21. The van der Waals surface area contributed by atoms with Crippen molar-refractivity contribution < 1.29 is 19.2 Å². The molecule has 1 heterocycles. The number of nitro groups is 1. The first-order valence-electron chi connectivity index (χ1n) is 6.44. The topological polar surface area (TPSA) is 98.5 Å². The number of anilines is 1. The minimum atomic E-state index is -0.649. The van der Waals surface area contributed by atoms with Gasteiger partial charge in [-0.25, -0.2) is 4.79 Å². The molecule has 0 fully saturated rings. The van der Waals surface area contributed by atoms with Gasteiger partial charge in [-0.15, -0.1) is 11.3 Å². The molecule has 0 aliphatic rings. The van der Waals surface area contributed by atoms with Crippen LogP contribution < -0.4 is 5.32 Å². The Kier molecular flexibility index (Phi) is 5.30. The highest BCUT2D eigenvalue weighted by Gasteiger charge is 2.21. The Morgan fingerprint density at radius 3 is 2.52 bits per heavy atom. The van der Waals surface area contributed by atoms with E-state index < -0.39 is 16.8 Å². The van der Waals surface area contributed by atoms with Crippen molar-refractivity contribution in [1.29, 1.82) is 0 Å². The molecule has 2 rings (SSSR count). The first-order valence-corrected chi connectivity index (χ1v) is 7.64. The maximum absolute atomic E-state index is 12.0. The van der Waals surface area contributed by atoms with Crippen LogP contribution in [0.1, 0.15) is 27.0 Å². The Hall–Kier alpha value is -2.45. The number of ether oxygens (including phenoxy) is 1. The molecule has 9 heteroatoms. The van der Waals surface area contributed by atoms with E-state index in [9.17, 15) is 19.7 Å². The molecule has 1 N–H and O–H groups in total. The normalized spacial score (nSPS) is 10.2. The Labute approximate surface area is 140 Å². The molecule has 23 heavy (non-hydrogen) atoms. The summed E-state index contributed by atoms with van der Waals surface area (Å²) >= 11 is 6.54. The number of benzene rings is 1. The van der Waals surface area contributed by atoms with E-state index in [0.29, 0.717) is 11.3 Å². The molecule has 0 atom stereocenters. The summed E-state index contributed by atoms with van der Waals surface area (Å²) in [7, 11) is 0. The lowest BCUT2D eigenvalue weighted by atomic mass is 10.2. The molecule has 0 aliphatic heterocycles. The average molecular weight is 355 g/mol. The molecule has 0 spiro atoms. The minimum Gasteiger partial charge on any atom is -0.462 e. The van der Waals surface area contributed by atoms with Crippen molar-refractivity contribution in [1.82, 2.24) is 0 Å². The number of nitrogens with one attached hydrogen (secondary N) is 1. The number of nitrogens with zero attached hydrogens (tertiary/aromatic N) is 1. The van der Waals surface area contributed by atoms with E-state index in [4.69, 9.17) is 16.3 Å². The first-order chi connectivity index (χ1) is 10.9. The predicted molar refractivity (Wildman–Crippen MR) is 86.3 cm³/mol. The van der Waals surface area contributed by atoms with Crippen LogP contribution in [0.4, 0.5) is 11.4 Å². The van der Waals surface area contributed by atoms with Gasteiger partial charge in [0.05, 0.1) is 17.1 Å². The van der Waals surface area contributed by atoms with E-state index >= 15 is 0 Å². The number of hydrogen-bond acceptors (Lipinski definition) is 6. The fraction of sp³-hybridized carbons (Fsp3) is 0.143. The van der Waals surface area contributed by atoms with Crippen LogP contribution in [0.3, 0.4) is 0 Å². The standard InChI is InChI=1S/C14H11ClN2O5S/c1-2-22-14(19)8-3-5-9(6-4-8)16-13(18)11-7-10(17(20)21)12(15)23-11/h3-7H,2H2,1H3,(H,16,18). The molecule has 0 bridgehead atoms. The highest BCUT2D eigenvalue weighted by Crippen LogP contribution is 2.34. The number of halogens is 1. The van der Waals surface area contributed by atoms with E-state index in [1.54, 1.807) is 6.92 Å². The smallest absolute Gasteiger partial charge is 0.338 e. The van der Waals surface area contributed by atoms with Crippen LogP contribution in [0.25, 0.3) is 0 Å². The second-order valence-corrected chi connectivity index (χ2v) is 5.93. The predicted octanol–water partition coefficient (Wildman–Crippen LogP) is 3.74. The third-order valence-electron chi connectivity index (χ3n) is 2.74.